The van der Waals surface area contributed by atoms with Gasteiger partial charge in [0.1, 0.15) is 6.61 Å². The maximum atomic E-state index is 12.3. The zero-order valence-corrected chi connectivity index (χ0v) is 38.2. The second-order valence-corrected chi connectivity index (χ2v) is 17.6. The molecule has 1 N–H and O–H groups in total. The molecule has 0 fully saturated rings. The third-order valence-electron chi connectivity index (χ3n) is 11.9. The van der Waals surface area contributed by atoms with Gasteiger partial charge in [-0.1, -0.05) is 271 Å². The molecule has 0 spiro atoms. The number of hydrogen-bond acceptors (Lipinski definition) is 5. The van der Waals surface area contributed by atoms with E-state index in [0.29, 0.717) is 12.8 Å². The zero-order chi connectivity index (χ0) is 40.7. The molecule has 0 bridgehead atoms. The van der Waals surface area contributed by atoms with Crippen molar-refractivity contribution < 1.29 is 24.2 Å². The number of rotatable bonds is 48. The minimum absolute atomic E-state index is 0.0562. The van der Waals surface area contributed by atoms with E-state index in [1.807, 2.05) is 0 Å². The molecule has 1 atom stereocenters. The molecule has 5 heteroatoms. The molecule has 334 valence electrons. The van der Waals surface area contributed by atoms with E-state index in [2.05, 4.69) is 13.8 Å². The Bertz CT molecular complexity index is 769. The molecule has 0 aromatic rings. The van der Waals surface area contributed by atoms with Gasteiger partial charge in [-0.2, -0.15) is 0 Å². The van der Waals surface area contributed by atoms with Crippen LogP contribution < -0.4 is 0 Å². The van der Waals surface area contributed by atoms with Crippen molar-refractivity contribution in [3.63, 3.8) is 0 Å². The van der Waals surface area contributed by atoms with Gasteiger partial charge in [0.05, 0.1) is 6.61 Å². The number of ether oxygens (including phenoxy) is 2. The predicted octanol–water partition coefficient (Wildman–Crippen LogP) is 16.6. The van der Waals surface area contributed by atoms with Crippen LogP contribution in [0.1, 0.15) is 296 Å². The van der Waals surface area contributed by atoms with Gasteiger partial charge in [0.15, 0.2) is 6.10 Å². The van der Waals surface area contributed by atoms with Crippen LogP contribution in [0.4, 0.5) is 0 Å². The summed E-state index contributed by atoms with van der Waals surface area (Å²) in [5.74, 6) is -0.568. The summed E-state index contributed by atoms with van der Waals surface area (Å²) >= 11 is 0. The van der Waals surface area contributed by atoms with Crippen molar-refractivity contribution in [1.29, 1.82) is 0 Å². The van der Waals surface area contributed by atoms with E-state index in [1.54, 1.807) is 0 Å². The van der Waals surface area contributed by atoms with Crippen LogP contribution in [-0.2, 0) is 19.1 Å². The average molecular weight is 793 g/mol. The molecule has 0 saturated carbocycles. The molecule has 0 saturated heterocycles. The van der Waals surface area contributed by atoms with E-state index in [1.165, 1.54) is 238 Å². The Kier molecular flexibility index (Phi) is 47.3. The molecule has 0 heterocycles. The second kappa shape index (κ2) is 48.3. The van der Waals surface area contributed by atoms with Crippen molar-refractivity contribution in [2.75, 3.05) is 13.2 Å². The lowest BCUT2D eigenvalue weighted by Gasteiger charge is -2.15. The van der Waals surface area contributed by atoms with E-state index in [-0.39, 0.29) is 25.2 Å². The highest BCUT2D eigenvalue weighted by Crippen LogP contribution is 2.17. The first-order valence-electron chi connectivity index (χ1n) is 25.6. The third-order valence-corrected chi connectivity index (χ3v) is 11.9. The highest BCUT2D eigenvalue weighted by atomic mass is 16.6. The minimum Gasteiger partial charge on any atom is -0.462 e. The lowest BCUT2D eigenvalue weighted by atomic mass is 10.0. The van der Waals surface area contributed by atoms with Crippen molar-refractivity contribution in [2.24, 2.45) is 0 Å². The highest BCUT2D eigenvalue weighted by Gasteiger charge is 2.16. The van der Waals surface area contributed by atoms with E-state index in [4.69, 9.17) is 9.47 Å². The van der Waals surface area contributed by atoms with Crippen LogP contribution in [0.15, 0.2) is 0 Å². The van der Waals surface area contributed by atoms with Crippen molar-refractivity contribution >= 4 is 11.9 Å². The summed E-state index contributed by atoms with van der Waals surface area (Å²) in [6.07, 6.45) is 56.4. The van der Waals surface area contributed by atoms with Crippen molar-refractivity contribution in [3.8, 4) is 0 Å². The van der Waals surface area contributed by atoms with Crippen molar-refractivity contribution in [1.82, 2.24) is 0 Å². The maximum Gasteiger partial charge on any atom is 0.306 e. The summed E-state index contributed by atoms with van der Waals surface area (Å²) in [5, 5.41) is 9.61. The fourth-order valence-corrected chi connectivity index (χ4v) is 8.03. The van der Waals surface area contributed by atoms with Crippen molar-refractivity contribution in [3.05, 3.63) is 0 Å². The molecule has 0 aromatic heterocycles. The summed E-state index contributed by atoms with van der Waals surface area (Å²) in [6.45, 7) is 4.19. The third kappa shape index (κ3) is 45.6. The van der Waals surface area contributed by atoms with Gasteiger partial charge in [0.2, 0.25) is 0 Å². The zero-order valence-electron chi connectivity index (χ0n) is 38.2. The van der Waals surface area contributed by atoms with Crippen LogP contribution in [0.3, 0.4) is 0 Å². The van der Waals surface area contributed by atoms with Crippen LogP contribution in [0.25, 0.3) is 0 Å². The predicted molar refractivity (Wildman–Crippen MR) is 242 cm³/mol. The van der Waals surface area contributed by atoms with E-state index in [9.17, 15) is 14.7 Å². The Hall–Kier alpha value is -1.10. The molecule has 0 aliphatic carbocycles. The van der Waals surface area contributed by atoms with Gasteiger partial charge in [0, 0.05) is 12.8 Å². The van der Waals surface area contributed by atoms with E-state index in [0.717, 1.165) is 32.1 Å². The standard InChI is InChI=1S/C51H100O5/c1-3-5-7-9-11-13-15-17-19-20-21-22-23-24-25-26-27-28-29-30-32-34-36-38-40-42-44-46-51(54)56-49(47-52)48-55-50(53)45-43-41-39-37-35-33-31-18-16-14-12-10-8-6-4-2/h49,52H,3-48H2,1-2H3. The fraction of sp³-hybridized carbons (Fsp3) is 0.961. The van der Waals surface area contributed by atoms with Crippen LogP contribution in [0, 0.1) is 0 Å². The van der Waals surface area contributed by atoms with Crippen molar-refractivity contribution in [2.45, 2.75) is 302 Å². The van der Waals surface area contributed by atoms with Crippen LogP contribution in [-0.4, -0.2) is 36.4 Å². The van der Waals surface area contributed by atoms with E-state index < -0.39 is 6.10 Å². The second-order valence-electron chi connectivity index (χ2n) is 17.6. The Morgan fingerprint density at radius 1 is 0.339 bits per heavy atom. The highest BCUT2D eigenvalue weighted by molar-refractivity contribution is 5.70. The van der Waals surface area contributed by atoms with Gasteiger partial charge in [-0.3, -0.25) is 9.59 Å². The number of hydrogen-bond donors (Lipinski definition) is 1. The number of carbonyl (C=O) groups is 2. The molecule has 1 unspecified atom stereocenters. The molecule has 5 nitrogen and oxygen atoms in total. The lowest BCUT2D eigenvalue weighted by molar-refractivity contribution is -0.161. The monoisotopic (exact) mass is 793 g/mol. The SMILES string of the molecule is CCCCCCCCCCCCCCCCCCCCCCCCCCCCCC(=O)OC(CO)COC(=O)CCCCCCCCCCCCCCCCC. The molecule has 56 heavy (non-hydrogen) atoms. The molecule has 0 aliphatic heterocycles. The number of esters is 2. The fourth-order valence-electron chi connectivity index (χ4n) is 8.03. The van der Waals surface area contributed by atoms with Gasteiger partial charge in [-0.05, 0) is 12.8 Å². The molecule has 0 rings (SSSR count). The van der Waals surface area contributed by atoms with Crippen LogP contribution in [0.2, 0.25) is 0 Å². The largest absolute Gasteiger partial charge is 0.462 e. The summed E-state index contributed by atoms with van der Waals surface area (Å²) in [6, 6.07) is 0. The summed E-state index contributed by atoms with van der Waals surface area (Å²) in [5.41, 5.74) is 0. The molecule has 0 amide bonds. The van der Waals surface area contributed by atoms with Gasteiger partial charge in [-0.15, -0.1) is 0 Å². The first-order valence-corrected chi connectivity index (χ1v) is 25.6. The normalized spacial score (nSPS) is 12.0. The maximum absolute atomic E-state index is 12.3. The van der Waals surface area contributed by atoms with Crippen LogP contribution >= 0.6 is 0 Å². The first kappa shape index (κ1) is 54.9. The summed E-state index contributed by atoms with van der Waals surface area (Å²) in [4.78, 5) is 24.4. The van der Waals surface area contributed by atoms with E-state index >= 15 is 0 Å². The van der Waals surface area contributed by atoms with Crippen LogP contribution in [0.5, 0.6) is 0 Å². The first-order chi connectivity index (χ1) is 27.6. The molecule has 0 aromatic carbocycles. The molecule has 0 aliphatic rings. The Labute approximate surface area is 350 Å². The number of aliphatic hydroxyl groups is 1. The van der Waals surface area contributed by atoms with Gasteiger partial charge >= 0.3 is 11.9 Å². The molecular formula is C51H100O5. The number of unbranched alkanes of at least 4 members (excludes halogenated alkanes) is 40. The molecular weight excluding hydrogens is 693 g/mol. The lowest BCUT2D eigenvalue weighted by Crippen LogP contribution is -2.28. The van der Waals surface area contributed by atoms with Gasteiger partial charge in [0.25, 0.3) is 0 Å². The Morgan fingerprint density at radius 3 is 0.786 bits per heavy atom. The minimum atomic E-state index is -0.763. The Balaban J connectivity index is 3.39. The summed E-state index contributed by atoms with van der Waals surface area (Å²) < 4.78 is 10.7. The quantitative estimate of drug-likeness (QED) is 0.0491. The number of carbonyl (C=O) groups excluding carboxylic acids is 2. The molecule has 0 radical (unpaired) electrons. The Morgan fingerprint density at radius 2 is 0.554 bits per heavy atom. The topological polar surface area (TPSA) is 72.8 Å². The average Bonchev–Trinajstić information content (AvgIpc) is 3.20. The summed E-state index contributed by atoms with van der Waals surface area (Å²) in [7, 11) is 0. The number of aliphatic hydroxyl groups excluding tert-OH is 1. The van der Waals surface area contributed by atoms with Gasteiger partial charge < -0.3 is 14.6 Å². The smallest absolute Gasteiger partial charge is 0.306 e. The van der Waals surface area contributed by atoms with Gasteiger partial charge in [-0.25, -0.2) is 0 Å².